The molecule has 9 nitrogen and oxygen atoms in total. The zero-order valence-electron chi connectivity index (χ0n) is 17.6. The van der Waals surface area contributed by atoms with Crippen LogP contribution in [-0.2, 0) is 14.8 Å². The molecule has 1 amide bonds. The van der Waals surface area contributed by atoms with Gasteiger partial charge in [-0.2, -0.15) is 4.31 Å². The van der Waals surface area contributed by atoms with Crippen LogP contribution in [0.3, 0.4) is 0 Å². The molecule has 0 spiro atoms. The molecular weight excluding hydrogens is 436 g/mol. The minimum atomic E-state index is -3.47. The van der Waals surface area contributed by atoms with Crippen LogP contribution in [0.4, 0.5) is 5.69 Å². The van der Waals surface area contributed by atoms with E-state index in [0.29, 0.717) is 29.7 Å². The first-order valence-corrected chi connectivity index (χ1v) is 12.3. The smallest absolute Gasteiger partial charge is 0.256 e. The van der Waals surface area contributed by atoms with Crippen LogP contribution in [0, 0.1) is 13.8 Å². The Morgan fingerprint density at radius 2 is 1.81 bits per heavy atom. The fraction of sp³-hybridized carbons (Fsp3) is 0.400. The molecule has 1 atom stereocenters. The van der Waals surface area contributed by atoms with Crippen LogP contribution in [0.1, 0.15) is 31.2 Å². The number of anilines is 1. The van der Waals surface area contributed by atoms with Crippen molar-refractivity contribution in [1.29, 1.82) is 0 Å². The Bertz CT molecular complexity index is 1220. The molecule has 1 fully saturated rings. The summed E-state index contributed by atoms with van der Waals surface area (Å²) >= 11 is 1.29. The average molecular weight is 461 g/mol. The molecule has 0 saturated carbocycles. The van der Waals surface area contributed by atoms with Gasteiger partial charge < -0.3 is 5.32 Å². The van der Waals surface area contributed by atoms with Gasteiger partial charge in [-0.05, 0) is 63.9 Å². The van der Waals surface area contributed by atoms with Gasteiger partial charge in [-0.3, -0.25) is 9.20 Å². The van der Waals surface area contributed by atoms with Crippen LogP contribution in [0.5, 0.6) is 0 Å². The topological polar surface area (TPSA) is 110 Å². The summed E-state index contributed by atoms with van der Waals surface area (Å²) in [6.45, 7) is 6.73. The van der Waals surface area contributed by atoms with Crippen molar-refractivity contribution in [3.63, 3.8) is 0 Å². The third-order valence-electron chi connectivity index (χ3n) is 5.14. The highest BCUT2D eigenvalue weighted by Gasteiger charge is 2.27. The lowest BCUT2D eigenvalue weighted by atomic mass is 10.3. The van der Waals surface area contributed by atoms with E-state index in [2.05, 4.69) is 20.5 Å². The van der Waals surface area contributed by atoms with Gasteiger partial charge in [0.1, 0.15) is 0 Å². The number of hydrogen-bond acceptors (Lipinski definition) is 7. The van der Waals surface area contributed by atoms with Crippen LogP contribution >= 0.6 is 11.8 Å². The fourth-order valence-electron chi connectivity index (χ4n) is 3.52. The number of sulfonamides is 1. The van der Waals surface area contributed by atoms with Gasteiger partial charge >= 0.3 is 0 Å². The zero-order chi connectivity index (χ0) is 22.2. The Morgan fingerprint density at radius 3 is 2.48 bits per heavy atom. The zero-order valence-corrected chi connectivity index (χ0v) is 19.2. The van der Waals surface area contributed by atoms with Crippen molar-refractivity contribution in [2.45, 2.75) is 48.9 Å². The van der Waals surface area contributed by atoms with Crippen LogP contribution in [0.25, 0.3) is 5.78 Å². The normalized spacial score (nSPS) is 16.0. The van der Waals surface area contributed by atoms with Crippen molar-refractivity contribution in [3.8, 4) is 0 Å². The Labute approximate surface area is 185 Å². The summed E-state index contributed by atoms with van der Waals surface area (Å²) in [4.78, 5) is 17.3. The van der Waals surface area contributed by atoms with Gasteiger partial charge in [0.15, 0.2) is 5.16 Å². The molecule has 0 radical (unpaired) electrons. The van der Waals surface area contributed by atoms with Gasteiger partial charge in [-0.25, -0.2) is 13.4 Å². The Hall–Kier alpha value is -2.50. The lowest BCUT2D eigenvalue weighted by Gasteiger charge is -2.16. The van der Waals surface area contributed by atoms with E-state index in [1.165, 1.54) is 28.2 Å². The molecule has 0 unspecified atom stereocenters. The third-order valence-corrected chi connectivity index (χ3v) is 8.09. The molecule has 4 rings (SSSR count). The van der Waals surface area contributed by atoms with E-state index in [1.54, 1.807) is 19.1 Å². The average Bonchev–Trinajstić information content (AvgIpc) is 3.39. The molecule has 1 aromatic carbocycles. The van der Waals surface area contributed by atoms with Crippen molar-refractivity contribution in [1.82, 2.24) is 23.9 Å². The summed E-state index contributed by atoms with van der Waals surface area (Å²) in [6.07, 6.45) is 1.78. The number of aryl methyl sites for hydroxylation is 2. The van der Waals surface area contributed by atoms with E-state index in [9.17, 15) is 13.2 Å². The number of aromatic nitrogens is 4. The number of carbonyl (C=O) groups is 1. The maximum absolute atomic E-state index is 12.7. The summed E-state index contributed by atoms with van der Waals surface area (Å²) in [5, 5.41) is 11.2. The summed E-state index contributed by atoms with van der Waals surface area (Å²) in [7, 11) is -3.47. The predicted molar refractivity (Wildman–Crippen MR) is 119 cm³/mol. The number of nitrogens with one attached hydrogen (secondary N) is 1. The molecule has 1 saturated heterocycles. The van der Waals surface area contributed by atoms with Crippen molar-refractivity contribution in [2.24, 2.45) is 0 Å². The number of nitrogens with zero attached hydrogens (tertiary/aromatic N) is 5. The molecule has 2 aromatic heterocycles. The molecular formula is C20H24N6O3S2. The van der Waals surface area contributed by atoms with E-state index < -0.39 is 15.3 Å². The fourth-order valence-corrected chi connectivity index (χ4v) is 5.94. The van der Waals surface area contributed by atoms with E-state index in [-0.39, 0.29) is 10.8 Å². The summed E-state index contributed by atoms with van der Waals surface area (Å²) < 4.78 is 28.6. The second-order valence-corrected chi connectivity index (χ2v) is 10.8. The number of fused-ring (bicyclic) bond motifs is 1. The molecule has 11 heteroatoms. The van der Waals surface area contributed by atoms with Crippen LogP contribution in [0.15, 0.2) is 40.4 Å². The third kappa shape index (κ3) is 4.43. The van der Waals surface area contributed by atoms with Gasteiger partial charge in [0.2, 0.25) is 15.9 Å². The standard InChI is InChI=1S/C20H24N6O3S2/c1-13-12-14(2)26-19(21-13)23-24-20(26)30-15(3)18(27)22-16-6-8-17(9-7-16)31(28,29)25-10-4-5-11-25/h6-9,12,15H,4-5,10-11H2,1-3H3,(H,22,27)/t15-/m1/s1. The highest BCUT2D eigenvalue weighted by Crippen LogP contribution is 2.25. The summed E-state index contributed by atoms with van der Waals surface area (Å²) in [5.74, 6) is 0.289. The van der Waals surface area contributed by atoms with Crippen molar-refractivity contribution >= 4 is 39.2 Å². The quantitative estimate of drug-likeness (QED) is 0.563. The second kappa shape index (κ2) is 8.56. The molecule has 1 N–H and O–H groups in total. The Balaban J connectivity index is 1.43. The van der Waals surface area contributed by atoms with Gasteiger partial charge in [-0.1, -0.05) is 11.8 Å². The number of amides is 1. The predicted octanol–water partition coefficient (Wildman–Crippen LogP) is 2.64. The SMILES string of the molecule is Cc1cc(C)n2c(S[C@H](C)C(=O)Nc3ccc(S(=O)(=O)N4CCCC4)cc3)nnc2n1. The molecule has 3 heterocycles. The number of carbonyl (C=O) groups excluding carboxylic acids is 1. The summed E-state index contributed by atoms with van der Waals surface area (Å²) in [6, 6.07) is 8.22. The van der Waals surface area contributed by atoms with Crippen LogP contribution < -0.4 is 5.32 Å². The van der Waals surface area contributed by atoms with Gasteiger partial charge in [-0.15, -0.1) is 10.2 Å². The van der Waals surface area contributed by atoms with E-state index in [0.717, 1.165) is 24.2 Å². The van der Waals surface area contributed by atoms with E-state index >= 15 is 0 Å². The molecule has 3 aromatic rings. The second-order valence-electron chi connectivity index (χ2n) is 7.54. The minimum Gasteiger partial charge on any atom is -0.325 e. The first-order chi connectivity index (χ1) is 14.8. The largest absolute Gasteiger partial charge is 0.325 e. The first kappa shape index (κ1) is 21.7. The Morgan fingerprint density at radius 1 is 1.13 bits per heavy atom. The number of benzene rings is 1. The lowest BCUT2D eigenvalue weighted by Crippen LogP contribution is -2.27. The highest BCUT2D eigenvalue weighted by molar-refractivity contribution is 8.00. The monoisotopic (exact) mass is 460 g/mol. The van der Waals surface area contributed by atoms with Crippen LogP contribution in [0.2, 0.25) is 0 Å². The maximum Gasteiger partial charge on any atom is 0.256 e. The molecule has 0 aliphatic carbocycles. The maximum atomic E-state index is 12.7. The minimum absolute atomic E-state index is 0.213. The van der Waals surface area contributed by atoms with Crippen molar-refractivity contribution in [3.05, 3.63) is 41.7 Å². The number of thioether (sulfide) groups is 1. The molecule has 1 aliphatic heterocycles. The van der Waals surface area contributed by atoms with E-state index in [1.807, 2.05) is 24.3 Å². The lowest BCUT2D eigenvalue weighted by molar-refractivity contribution is -0.115. The molecule has 0 bridgehead atoms. The number of hydrogen-bond donors (Lipinski definition) is 1. The van der Waals surface area contributed by atoms with E-state index in [4.69, 9.17) is 0 Å². The van der Waals surface area contributed by atoms with Gasteiger partial charge in [0.05, 0.1) is 10.1 Å². The first-order valence-electron chi connectivity index (χ1n) is 10.0. The van der Waals surface area contributed by atoms with Gasteiger partial charge in [0.25, 0.3) is 5.78 Å². The highest BCUT2D eigenvalue weighted by atomic mass is 32.2. The van der Waals surface area contributed by atoms with Crippen molar-refractivity contribution < 1.29 is 13.2 Å². The van der Waals surface area contributed by atoms with Crippen molar-refractivity contribution in [2.75, 3.05) is 18.4 Å². The summed E-state index contributed by atoms with van der Waals surface area (Å²) in [5.41, 5.74) is 2.34. The molecule has 1 aliphatic rings. The van der Waals surface area contributed by atoms with Gasteiger partial charge in [0, 0.05) is 30.2 Å². The molecule has 164 valence electrons. The molecule has 31 heavy (non-hydrogen) atoms. The van der Waals surface area contributed by atoms with Crippen LogP contribution in [-0.4, -0.2) is 56.6 Å². The number of rotatable bonds is 6. The Kier molecular flexibility index (Phi) is 6.00.